The van der Waals surface area contributed by atoms with Gasteiger partial charge in [-0.2, -0.15) is 0 Å². The number of carbonyl (C=O) groups excluding carboxylic acids is 4. The summed E-state index contributed by atoms with van der Waals surface area (Å²) in [7, 11) is 0. The van der Waals surface area contributed by atoms with Crippen molar-refractivity contribution >= 4 is 23.4 Å². The molecule has 30 heavy (non-hydrogen) atoms. The zero-order valence-electron chi connectivity index (χ0n) is 16.9. The van der Waals surface area contributed by atoms with Gasteiger partial charge in [-0.05, 0) is 41.7 Å². The van der Waals surface area contributed by atoms with Crippen molar-refractivity contribution in [1.29, 1.82) is 0 Å². The van der Waals surface area contributed by atoms with Crippen LogP contribution < -0.4 is 5.32 Å². The van der Waals surface area contributed by atoms with Gasteiger partial charge in [0.05, 0.1) is 18.9 Å². The van der Waals surface area contributed by atoms with Crippen LogP contribution in [0.5, 0.6) is 0 Å². The third kappa shape index (κ3) is 4.03. The number of aryl methyl sites for hydroxylation is 1. The third-order valence-corrected chi connectivity index (χ3v) is 5.92. The van der Waals surface area contributed by atoms with Gasteiger partial charge in [0.1, 0.15) is 5.78 Å². The normalized spacial score (nSPS) is 18.5. The van der Waals surface area contributed by atoms with Crippen molar-refractivity contribution in [2.45, 2.75) is 51.7 Å². The van der Waals surface area contributed by atoms with Gasteiger partial charge in [0, 0.05) is 25.1 Å². The van der Waals surface area contributed by atoms with E-state index in [0.717, 1.165) is 22.3 Å². The molecule has 0 saturated heterocycles. The Bertz CT molecular complexity index is 1040. The third-order valence-electron chi connectivity index (χ3n) is 5.92. The highest BCUT2D eigenvalue weighted by atomic mass is 16.2. The Hall–Kier alpha value is -3.28. The van der Waals surface area contributed by atoms with Crippen LogP contribution in [-0.4, -0.2) is 34.3 Å². The second kappa shape index (κ2) is 8.22. The summed E-state index contributed by atoms with van der Waals surface area (Å²) in [6.07, 6.45) is 0.989. The van der Waals surface area contributed by atoms with Crippen molar-refractivity contribution in [3.05, 3.63) is 70.3 Å². The Balaban J connectivity index is 1.39. The standard InChI is InChI=1S/C24H24N2O4/c1-15-4-2-3-5-17(15)11-23(29)25-13-16-6-8-20-18(10-16)14-26(24(20)30)21-9-7-19(27)12-22(21)28/h2-6,8,10,21H,7,9,11-14H2,1H3,(H,25,29). The largest absolute Gasteiger partial charge is 0.352 e. The van der Waals surface area contributed by atoms with Crippen molar-refractivity contribution in [1.82, 2.24) is 10.2 Å². The minimum atomic E-state index is -0.514. The Kier molecular flexibility index (Phi) is 5.48. The SMILES string of the molecule is Cc1ccccc1CC(=O)NCc1ccc2c(c1)CN(C1CCC(=O)CC1=O)C2=O. The number of nitrogens with one attached hydrogen (secondary N) is 1. The van der Waals surface area contributed by atoms with Crippen LogP contribution in [0.15, 0.2) is 42.5 Å². The Labute approximate surface area is 175 Å². The van der Waals surface area contributed by atoms with Crippen molar-refractivity contribution in [3.63, 3.8) is 0 Å². The number of ketones is 2. The van der Waals surface area contributed by atoms with Crippen molar-refractivity contribution < 1.29 is 19.2 Å². The molecule has 1 saturated carbocycles. The summed E-state index contributed by atoms with van der Waals surface area (Å²) >= 11 is 0. The lowest BCUT2D eigenvalue weighted by Gasteiger charge is -2.29. The van der Waals surface area contributed by atoms with Gasteiger partial charge in [-0.15, -0.1) is 0 Å². The highest BCUT2D eigenvalue weighted by molar-refractivity contribution is 6.07. The van der Waals surface area contributed by atoms with Crippen molar-refractivity contribution in [3.8, 4) is 0 Å². The first-order chi connectivity index (χ1) is 14.4. The van der Waals surface area contributed by atoms with Gasteiger partial charge in [-0.1, -0.05) is 36.4 Å². The molecule has 2 aromatic carbocycles. The molecule has 0 radical (unpaired) electrons. The van der Waals surface area contributed by atoms with Crippen LogP contribution in [-0.2, 0) is 33.9 Å². The predicted molar refractivity (Wildman–Crippen MR) is 111 cm³/mol. The molecule has 0 aromatic heterocycles. The molecule has 0 bridgehead atoms. The van der Waals surface area contributed by atoms with Gasteiger partial charge in [-0.3, -0.25) is 19.2 Å². The number of benzene rings is 2. The fourth-order valence-electron chi connectivity index (χ4n) is 4.19. The molecular formula is C24H24N2O4. The number of carbonyl (C=O) groups is 4. The molecular weight excluding hydrogens is 380 g/mol. The zero-order chi connectivity index (χ0) is 21.3. The van der Waals surface area contributed by atoms with Crippen LogP contribution in [0.3, 0.4) is 0 Å². The summed E-state index contributed by atoms with van der Waals surface area (Å²) in [5, 5.41) is 2.93. The smallest absolute Gasteiger partial charge is 0.255 e. The van der Waals surface area contributed by atoms with Crippen LogP contribution in [0.25, 0.3) is 0 Å². The first kappa shape index (κ1) is 20.0. The quantitative estimate of drug-likeness (QED) is 0.776. The van der Waals surface area contributed by atoms with Gasteiger partial charge in [0.2, 0.25) is 5.91 Å². The van der Waals surface area contributed by atoms with E-state index in [1.807, 2.05) is 43.3 Å². The first-order valence-corrected chi connectivity index (χ1v) is 10.2. The second-order valence-corrected chi connectivity index (χ2v) is 8.04. The summed E-state index contributed by atoms with van der Waals surface area (Å²) < 4.78 is 0. The number of rotatable bonds is 5. The van der Waals surface area contributed by atoms with E-state index in [-0.39, 0.29) is 29.8 Å². The monoisotopic (exact) mass is 404 g/mol. The van der Waals surface area contributed by atoms with Crippen LogP contribution in [0.2, 0.25) is 0 Å². The zero-order valence-corrected chi connectivity index (χ0v) is 16.9. The second-order valence-electron chi connectivity index (χ2n) is 8.04. The number of Topliss-reactive ketones (excluding diaryl/α,β-unsaturated/α-hetero) is 2. The van der Waals surface area contributed by atoms with E-state index >= 15 is 0 Å². The molecule has 1 heterocycles. The molecule has 4 rings (SSSR count). The Morgan fingerprint density at radius 2 is 1.93 bits per heavy atom. The highest BCUT2D eigenvalue weighted by Crippen LogP contribution is 2.29. The molecule has 1 atom stereocenters. The molecule has 1 aliphatic carbocycles. The fraction of sp³-hybridized carbons (Fsp3) is 0.333. The topological polar surface area (TPSA) is 83.6 Å². The number of hydrogen-bond acceptors (Lipinski definition) is 4. The van der Waals surface area contributed by atoms with E-state index in [4.69, 9.17) is 0 Å². The van der Waals surface area contributed by atoms with E-state index in [2.05, 4.69) is 5.32 Å². The summed E-state index contributed by atoms with van der Waals surface area (Å²) in [4.78, 5) is 50.4. The summed E-state index contributed by atoms with van der Waals surface area (Å²) in [6, 6.07) is 12.8. The Morgan fingerprint density at radius 1 is 1.13 bits per heavy atom. The number of amides is 2. The molecule has 2 aliphatic rings. The maximum atomic E-state index is 12.8. The van der Waals surface area contributed by atoms with Crippen LogP contribution in [0, 0.1) is 6.92 Å². The van der Waals surface area contributed by atoms with Crippen molar-refractivity contribution in [2.75, 3.05) is 0 Å². The number of nitrogens with zero attached hydrogens (tertiary/aromatic N) is 1. The molecule has 2 amide bonds. The maximum Gasteiger partial charge on any atom is 0.255 e. The van der Waals surface area contributed by atoms with E-state index in [1.165, 1.54) is 0 Å². The van der Waals surface area contributed by atoms with E-state index in [0.29, 0.717) is 37.9 Å². The lowest BCUT2D eigenvalue weighted by Crippen LogP contribution is -2.44. The van der Waals surface area contributed by atoms with E-state index in [1.54, 1.807) is 11.0 Å². The van der Waals surface area contributed by atoms with E-state index < -0.39 is 6.04 Å². The molecule has 1 N–H and O–H groups in total. The molecule has 0 spiro atoms. The molecule has 2 aromatic rings. The van der Waals surface area contributed by atoms with Crippen molar-refractivity contribution in [2.24, 2.45) is 0 Å². The van der Waals surface area contributed by atoms with Crippen LogP contribution in [0.4, 0.5) is 0 Å². The molecule has 6 heteroatoms. The minimum absolute atomic E-state index is 0.0517. The average Bonchev–Trinajstić information content (AvgIpc) is 3.04. The lowest BCUT2D eigenvalue weighted by molar-refractivity contribution is -0.133. The molecule has 154 valence electrons. The lowest BCUT2D eigenvalue weighted by atomic mass is 9.92. The van der Waals surface area contributed by atoms with E-state index in [9.17, 15) is 19.2 Å². The summed E-state index contributed by atoms with van der Waals surface area (Å²) in [5.74, 6) is -0.437. The number of fused-ring (bicyclic) bond motifs is 1. The van der Waals surface area contributed by atoms with Gasteiger partial charge in [0.25, 0.3) is 5.91 Å². The minimum Gasteiger partial charge on any atom is -0.352 e. The Morgan fingerprint density at radius 3 is 2.70 bits per heavy atom. The molecule has 1 aliphatic heterocycles. The molecule has 1 fully saturated rings. The fourth-order valence-corrected chi connectivity index (χ4v) is 4.19. The summed E-state index contributed by atoms with van der Waals surface area (Å²) in [5.41, 5.74) is 4.44. The van der Waals surface area contributed by atoms with Crippen LogP contribution >= 0.6 is 0 Å². The summed E-state index contributed by atoms with van der Waals surface area (Å²) in [6.45, 7) is 2.73. The highest BCUT2D eigenvalue weighted by Gasteiger charge is 2.38. The predicted octanol–water partition coefficient (Wildman–Crippen LogP) is 2.50. The van der Waals surface area contributed by atoms with Gasteiger partial charge in [0.15, 0.2) is 5.78 Å². The maximum absolute atomic E-state index is 12.8. The first-order valence-electron chi connectivity index (χ1n) is 10.2. The average molecular weight is 404 g/mol. The van der Waals surface area contributed by atoms with Gasteiger partial charge >= 0.3 is 0 Å². The van der Waals surface area contributed by atoms with Gasteiger partial charge in [-0.25, -0.2) is 0 Å². The number of hydrogen-bond donors (Lipinski definition) is 1. The van der Waals surface area contributed by atoms with Gasteiger partial charge < -0.3 is 10.2 Å². The molecule has 1 unspecified atom stereocenters. The molecule has 6 nitrogen and oxygen atoms in total. The van der Waals surface area contributed by atoms with Crippen LogP contribution in [0.1, 0.15) is 51.9 Å².